The number of aliphatic imine (C=N–C) groups is 1. The molecular formula is C10H9ClN2O2. The van der Waals surface area contributed by atoms with Gasteiger partial charge in [-0.1, -0.05) is 11.6 Å². The smallest absolute Gasteiger partial charge is 0.299 e. The third-order valence-electron chi connectivity index (χ3n) is 2.04. The molecule has 0 bridgehead atoms. The molecule has 1 amide bonds. The molecule has 15 heavy (non-hydrogen) atoms. The fourth-order valence-corrected chi connectivity index (χ4v) is 1.29. The van der Waals surface area contributed by atoms with Gasteiger partial charge >= 0.3 is 0 Å². The Hall–Kier alpha value is -1.55. The van der Waals surface area contributed by atoms with Crippen molar-refractivity contribution in [2.75, 3.05) is 13.7 Å². The number of amides is 1. The van der Waals surface area contributed by atoms with Crippen molar-refractivity contribution in [2.45, 2.75) is 0 Å². The monoisotopic (exact) mass is 224 g/mol. The molecule has 0 spiro atoms. The van der Waals surface area contributed by atoms with Crippen LogP contribution in [-0.4, -0.2) is 30.5 Å². The largest absolute Gasteiger partial charge is 0.454 e. The molecule has 0 aromatic heterocycles. The Bertz CT molecular complexity index is 414. The maximum Gasteiger partial charge on any atom is 0.299 e. The molecule has 1 fully saturated rings. The van der Waals surface area contributed by atoms with E-state index in [0.717, 1.165) is 0 Å². The molecule has 0 saturated carbocycles. The van der Waals surface area contributed by atoms with Gasteiger partial charge in [-0.25, -0.2) is 0 Å². The number of likely N-dealkylation sites (N-methyl/N-ethyl adjacent to an activating group) is 1. The topological polar surface area (TPSA) is 41.9 Å². The summed E-state index contributed by atoms with van der Waals surface area (Å²) in [7, 11) is 1.63. The SMILES string of the molecule is CN1C(=O)COC1=Nc1ccc(Cl)cc1. The van der Waals surface area contributed by atoms with Crippen molar-refractivity contribution < 1.29 is 9.53 Å². The van der Waals surface area contributed by atoms with Crippen molar-refractivity contribution in [3.8, 4) is 0 Å². The molecule has 0 aliphatic carbocycles. The van der Waals surface area contributed by atoms with E-state index in [0.29, 0.717) is 16.7 Å². The van der Waals surface area contributed by atoms with Crippen LogP contribution in [0.15, 0.2) is 29.3 Å². The Labute approximate surface area is 92.1 Å². The molecule has 0 radical (unpaired) electrons. The lowest BCUT2D eigenvalue weighted by Crippen LogP contribution is -2.24. The highest BCUT2D eigenvalue weighted by molar-refractivity contribution is 6.30. The number of nitrogens with zero attached hydrogens (tertiary/aromatic N) is 2. The van der Waals surface area contributed by atoms with Crippen LogP contribution < -0.4 is 0 Å². The molecule has 1 aromatic carbocycles. The quantitative estimate of drug-likeness (QED) is 0.730. The van der Waals surface area contributed by atoms with Crippen LogP contribution in [0, 0.1) is 0 Å². The molecule has 4 nitrogen and oxygen atoms in total. The Balaban J connectivity index is 2.23. The van der Waals surface area contributed by atoms with Gasteiger partial charge in [0.2, 0.25) is 0 Å². The number of halogens is 1. The van der Waals surface area contributed by atoms with Crippen molar-refractivity contribution in [3.63, 3.8) is 0 Å². The standard InChI is InChI=1S/C10H9ClN2O2/c1-13-9(14)6-15-10(13)12-8-4-2-7(11)3-5-8/h2-5H,6H2,1H3. The number of carbonyl (C=O) groups is 1. The average Bonchev–Trinajstić information content (AvgIpc) is 2.53. The van der Waals surface area contributed by atoms with Crippen LogP contribution in [0.5, 0.6) is 0 Å². The Kier molecular flexibility index (Phi) is 2.60. The van der Waals surface area contributed by atoms with E-state index in [1.165, 1.54) is 4.90 Å². The van der Waals surface area contributed by atoms with Gasteiger partial charge in [0.05, 0.1) is 5.69 Å². The van der Waals surface area contributed by atoms with Gasteiger partial charge in [0, 0.05) is 12.1 Å². The first-order chi connectivity index (χ1) is 7.16. The van der Waals surface area contributed by atoms with Crippen molar-refractivity contribution in [1.82, 2.24) is 4.90 Å². The van der Waals surface area contributed by atoms with Gasteiger partial charge in [0.1, 0.15) is 0 Å². The number of hydrogen-bond acceptors (Lipinski definition) is 3. The van der Waals surface area contributed by atoms with Gasteiger partial charge in [0.15, 0.2) is 6.61 Å². The van der Waals surface area contributed by atoms with Crippen LogP contribution in [0.4, 0.5) is 5.69 Å². The second kappa shape index (κ2) is 3.90. The predicted molar refractivity (Wildman–Crippen MR) is 57.3 cm³/mol. The van der Waals surface area contributed by atoms with E-state index in [2.05, 4.69) is 4.99 Å². The van der Waals surface area contributed by atoms with Gasteiger partial charge in [-0.15, -0.1) is 0 Å². The van der Waals surface area contributed by atoms with Crippen molar-refractivity contribution in [1.29, 1.82) is 0 Å². The first-order valence-corrected chi connectivity index (χ1v) is 4.78. The Morgan fingerprint density at radius 3 is 2.60 bits per heavy atom. The van der Waals surface area contributed by atoms with Crippen LogP contribution >= 0.6 is 11.6 Å². The third-order valence-corrected chi connectivity index (χ3v) is 2.29. The number of amidine groups is 1. The maximum atomic E-state index is 11.1. The molecule has 1 aliphatic rings. The normalized spacial score (nSPS) is 18.4. The minimum Gasteiger partial charge on any atom is -0.454 e. The van der Waals surface area contributed by atoms with Crippen molar-refractivity contribution in [3.05, 3.63) is 29.3 Å². The number of carbonyl (C=O) groups excluding carboxylic acids is 1. The summed E-state index contributed by atoms with van der Waals surface area (Å²) >= 11 is 5.74. The van der Waals surface area contributed by atoms with E-state index in [-0.39, 0.29) is 12.5 Å². The lowest BCUT2D eigenvalue weighted by molar-refractivity contribution is -0.124. The number of rotatable bonds is 1. The van der Waals surface area contributed by atoms with Crippen LogP contribution in [0.1, 0.15) is 0 Å². The molecule has 1 aromatic rings. The zero-order valence-electron chi connectivity index (χ0n) is 8.11. The van der Waals surface area contributed by atoms with E-state index in [4.69, 9.17) is 16.3 Å². The van der Waals surface area contributed by atoms with Crippen molar-refractivity contribution >= 4 is 29.2 Å². The van der Waals surface area contributed by atoms with E-state index >= 15 is 0 Å². The highest BCUT2D eigenvalue weighted by atomic mass is 35.5. The average molecular weight is 225 g/mol. The van der Waals surface area contributed by atoms with Crippen LogP contribution in [0.2, 0.25) is 5.02 Å². The molecule has 78 valence electrons. The van der Waals surface area contributed by atoms with Gasteiger partial charge in [-0.3, -0.25) is 9.69 Å². The van der Waals surface area contributed by atoms with Crippen LogP contribution in [0.25, 0.3) is 0 Å². The highest BCUT2D eigenvalue weighted by Crippen LogP contribution is 2.18. The third kappa shape index (κ3) is 2.10. The number of benzene rings is 1. The molecule has 1 heterocycles. The molecule has 0 unspecified atom stereocenters. The summed E-state index contributed by atoms with van der Waals surface area (Å²) in [5, 5.41) is 0.649. The highest BCUT2D eigenvalue weighted by Gasteiger charge is 2.24. The van der Waals surface area contributed by atoms with Crippen LogP contribution in [0.3, 0.4) is 0 Å². The van der Waals surface area contributed by atoms with Gasteiger partial charge in [-0.2, -0.15) is 4.99 Å². The van der Waals surface area contributed by atoms with E-state index in [1.54, 1.807) is 31.3 Å². The molecule has 1 saturated heterocycles. The summed E-state index contributed by atoms with van der Waals surface area (Å²) in [5.74, 6) is -0.0947. The van der Waals surface area contributed by atoms with Gasteiger partial charge < -0.3 is 4.74 Å². The first-order valence-electron chi connectivity index (χ1n) is 4.40. The lowest BCUT2D eigenvalue weighted by atomic mass is 10.3. The number of hydrogen-bond donors (Lipinski definition) is 0. The van der Waals surface area contributed by atoms with E-state index in [9.17, 15) is 4.79 Å². The van der Waals surface area contributed by atoms with E-state index < -0.39 is 0 Å². The summed E-state index contributed by atoms with van der Waals surface area (Å²) in [4.78, 5) is 16.7. The molecule has 2 rings (SSSR count). The minimum atomic E-state index is -0.0947. The molecular weight excluding hydrogens is 216 g/mol. The minimum absolute atomic E-state index is 0.0585. The van der Waals surface area contributed by atoms with Crippen LogP contribution in [-0.2, 0) is 9.53 Å². The zero-order valence-corrected chi connectivity index (χ0v) is 8.86. The summed E-state index contributed by atoms with van der Waals surface area (Å²) in [6, 6.07) is 7.31. The fourth-order valence-electron chi connectivity index (χ4n) is 1.16. The summed E-state index contributed by atoms with van der Waals surface area (Å²) in [6.45, 7) is 0.0585. The second-order valence-electron chi connectivity index (χ2n) is 3.11. The molecule has 5 heteroatoms. The van der Waals surface area contributed by atoms with E-state index in [1.807, 2.05) is 0 Å². The molecule has 0 atom stereocenters. The summed E-state index contributed by atoms with van der Waals surface area (Å²) < 4.78 is 5.11. The number of ether oxygens (including phenoxy) is 1. The Morgan fingerprint density at radius 2 is 2.07 bits per heavy atom. The second-order valence-corrected chi connectivity index (χ2v) is 3.55. The van der Waals surface area contributed by atoms with Gasteiger partial charge in [0.25, 0.3) is 11.9 Å². The Morgan fingerprint density at radius 1 is 1.40 bits per heavy atom. The van der Waals surface area contributed by atoms with Crippen molar-refractivity contribution in [2.24, 2.45) is 4.99 Å². The maximum absolute atomic E-state index is 11.1. The first kappa shape index (κ1) is 9.98. The lowest BCUT2D eigenvalue weighted by Gasteiger charge is -2.05. The van der Waals surface area contributed by atoms with Gasteiger partial charge in [-0.05, 0) is 24.3 Å². The fraction of sp³-hybridized carbons (Fsp3) is 0.200. The summed E-state index contributed by atoms with van der Waals surface area (Å²) in [5.41, 5.74) is 0.705. The molecule has 0 N–H and O–H groups in total. The predicted octanol–water partition coefficient (Wildman–Crippen LogP) is 1.82. The zero-order chi connectivity index (χ0) is 10.8. The molecule has 1 aliphatic heterocycles. The summed E-state index contributed by atoms with van der Waals surface area (Å²) in [6.07, 6.45) is 0.